The van der Waals surface area contributed by atoms with Crippen molar-refractivity contribution in [2.24, 2.45) is 0 Å². The van der Waals surface area contributed by atoms with Crippen LogP contribution in [0, 0.1) is 0 Å². The molecule has 2 amide bonds. The Morgan fingerprint density at radius 1 is 1.08 bits per heavy atom. The molecule has 1 aromatic heterocycles. The minimum absolute atomic E-state index is 0.163. The van der Waals surface area contributed by atoms with Gasteiger partial charge in [-0.3, -0.25) is 9.59 Å². The van der Waals surface area contributed by atoms with Gasteiger partial charge in [-0.05, 0) is 42.1 Å². The molecule has 0 aliphatic rings. The minimum atomic E-state index is -0.379. The molecule has 1 aromatic carbocycles. The van der Waals surface area contributed by atoms with Crippen LogP contribution in [0.1, 0.15) is 40.5 Å². The van der Waals surface area contributed by atoms with Crippen LogP contribution in [0.3, 0.4) is 0 Å². The van der Waals surface area contributed by atoms with Crippen molar-refractivity contribution >= 4 is 34.8 Å². The molecule has 0 bridgehead atoms. The van der Waals surface area contributed by atoms with Crippen molar-refractivity contribution in [2.75, 3.05) is 18.5 Å². The van der Waals surface area contributed by atoms with E-state index in [9.17, 15) is 14.4 Å². The Hall–Kier alpha value is -2.67. The molecule has 2 N–H and O–H groups in total. The van der Waals surface area contributed by atoms with E-state index in [0.29, 0.717) is 23.4 Å². The summed E-state index contributed by atoms with van der Waals surface area (Å²) >= 11 is 1.44. The molecule has 0 atom stereocenters. The molecule has 0 aliphatic heterocycles. The number of hydrogen-bond acceptors (Lipinski definition) is 5. The first-order chi connectivity index (χ1) is 12.1. The van der Waals surface area contributed by atoms with Crippen molar-refractivity contribution in [2.45, 2.75) is 19.8 Å². The molecular formula is C18H20N2O4S. The molecular weight excluding hydrogens is 340 g/mol. The van der Waals surface area contributed by atoms with Crippen molar-refractivity contribution in [1.82, 2.24) is 5.32 Å². The third-order valence-corrected chi connectivity index (χ3v) is 3.95. The van der Waals surface area contributed by atoms with E-state index in [0.717, 1.165) is 6.42 Å². The monoisotopic (exact) mass is 360 g/mol. The van der Waals surface area contributed by atoms with Gasteiger partial charge in [0, 0.05) is 29.6 Å². The van der Waals surface area contributed by atoms with Gasteiger partial charge in [-0.1, -0.05) is 6.92 Å². The van der Waals surface area contributed by atoms with E-state index >= 15 is 0 Å². The number of anilines is 1. The van der Waals surface area contributed by atoms with Gasteiger partial charge in [0.2, 0.25) is 5.91 Å². The number of esters is 1. The topological polar surface area (TPSA) is 84.5 Å². The lowest BCUT2D eigenvalue weighted by Gasteiger charge is -2.07. The minimum Gasteiger partial charge on any atom is -0.462 e. The van der Waals surface area contributed by atoms with E-state index in [4.69, 9.17) is 4.74 Å². The Morgan fingerprint density at radius 3 is 2.48 bits per heavy atom. The van der Waals surface area contributed by atoms with Gasteiger partial charge in [0.05, 0.1) is 12.2 Å². The molecule has 7 heteroatoms. The van der Waals surface area contributed by atoms with Crippen LogP contribution in [-0.4, -0.2) is 30.9 Å². The van der Waals surface area contributed by atoms with Crippen LogP contribution in [0.25, 0.3) is 0 Å². The normalized spacial score (nSPS) is 10.1. The summed E-state index contributed by atoms with van der Waals surface area (Å²) < 4.78 is 5.04. The number of carbonyl (C=O) groups excluding carboxylic acids is 3. The number of rotatable bonds is 8. The summed E-state index contributed by atoms with van der Waals surface area (Å²) in [6.45, 7) is 2.56. The van der Waals surface area contributed by atoms with Gasteiger partial charge in [0.15, 0.2) is 0 Å². The van der Waals surface area contributed by atoms with Gasteiger partial charge in [-0.15, -0.1) is 0 Å². The van der Waals surface area contributed by atoms with Crippen LogP contribution in [0.4, 0.5) is 5.69 Å². The number of hydrogen-bond donors (Lipinski definition) is 2. The molecule has 0 fully saturated rings. The van der Waals surface area contributed by atoms with Gasteiger partial charge in [0.1, 0.15) is 0 Å². The summed E-state index contributed by atoms with van der Waals surface area (Å²) in [6.07, 6.45) is 0.930. The third kappa shape index (κ3) is 6.04. The highest BCUT2D eigenvalue weighted by atomic mass is 32.1. The maximum absolute atomic E-state index is 11.9. The second-order valence-electron chi connectivity index (χ2n) is 5.28. The summed E-state index contributed by atoms with van der Waals surface area (Å²) in [6, 6.07) is 8.22. The first-order valence-corrected chi connectivity index (χ1v) is 8.92. The zero-order valence-corrected chi connectivity index (χ0v) is 14.7. The second-order valence-corrected chi connectivity index (χ2v) is 6.06. The standard InChI is InChI=1S/C18H20N2O4S/c1-2-10-24-18(23)13-3-5-15(6-4-13)20-16(21)7-9-19-17(22)14-8-11-25-12-14/h3-6,8,11-12H,2,7,9-10H2,1H3,(H,19,22)(H,20,21). The molecule has 6 nitrogen and oxygen atoms in total. The van der Waals surface area contributed by atoms with Crippen molar-refractivity contribution in [1.29, 1.82) is 0 Å². The molecule has 25 heavy (non-hydrogen) atoms. The van der Waals surface area contributed by atoms with Crippen molar-refractivity contribution in [3.8, 4) is 0 Å². The fraction of sp³-hybridized carbons (Fsp3) is 0.278. The largest absolute Gasteiger partial charge is 0.462 e. The predicted octanol–water partition coefficient (Wildman–Crippen LogP) is 3.07. The highest BCUT2D eigenvalue weighted by Gasteiger charge is 2.09. The summed E-state index contributed by atoms with van der Waals surface area (Å²) in [4.78, 5) is 35.3. The average molecular weight is 360 g/mol. The molecule has 0 saturated heterocycles. The van der Waals surface area contributed by atoms with Gasteiger partial charge >= 0.3 is 5.97 Å². The Morgan fingerprint density at radius 2 is 1.84 bits per heavy atom. The molecule has 0 unspecified atom stereocenters. The van der Waals surface area contributed by atoms with Crippen LogP contribution in [0.15, 0.2) is 41.1 Å². The fourth-order valence-electron chi connectivity index (χ4n) is 1.98. The Bertz CT molecular complexity index is 711. The molecule has 0 saturated carbocycles. The maximum Gasteiger partial charge on any atom is 0.338 e. The first-order valence-electron chi connectivity index (χ1n) is 7.97. The quantitative estimate of drug-likeness (QED) is 0.709. The molecule has 2 rings (SSSR count). The number of carbonyl (C=O) groups is 3. The van der Waals surface area contributed by atoms with Crippen molar-refractivity contribution in [3.63, 3.8) is 0 Å². The zero-order chi connectivity index (χ0) is 18.1. The van der Waals surface area contributed by atoms with Crippen molar-refractivity contribution < 1.29 is 19.1 Å². The van der Waals surface area contributed by atoms with E-state index in [1.54, 1.807) is 35.7 Å². The number of ether oxygens (including phenoxy) is 1. The van der Waals surface area contributed by atoms with E-state index in [1.165, 1.54) is 11.3 Å². The average Bonchev–Trinajstić information content (AvgIpc) is 3.15. The van der Waals surface area contributed by atoms with Crippen LogP contribution in [0.2, 0.25) is 0 Å². The Kier molecular flexibility index (Phi) is 7.16. The van der Waals surface area contributed by atoms with Crippen LogP contribution < -0.4 is 10.6 Å². The zero-order valence-electron chi connectivity index (χ0n) is 13.9. The lowest BCUT2D eigenvalue weighted by molar-refractivity contribution is -0.116. The summed E-state index contributed by atoms with van der Waals surface area (Å²) in [5.41, 5.74) is 1.62. The smallest absolute Gasteiger partial charge is 0.338 e. The summed E-state index contributed by atoms with van der Waals surface area (Å²) in [5, 5.41) is 8.99. The molecule has 0 aliphatic carbocycles. The first kappa shape index (κ1) is 18.7. The van der Waals surface area contributed by atoms with Crippen LogP contribution in [-0.2, 0) is 9.53 Å². The lowest BCUT2D eigenvalue weighted by Crippen LogP contribution is -2.27. The molecule has 0 spiro atoms. The second kappa shape index (κ2) is 9.58. The van der Waals surface area contributed by atoms with Crippen molar-refractivity contribution in [3.05, 3.63) is 52.2 Å². The van der Waals surface area contributed by atoms with E-state index in [2.05, 4.69) is 10.6 Å². The number of nitrogens with one attached hydrogen (secondary N) is 2. The third-order valence-electron chi connectivity index (χ3n) is 3.26. The van der Waals surface area contributed by atoms with Gasteiger partial charge in [0.25, 0.3) is 5.91 Å². The van der Waals surface area contributed by atoms with Gasteiger partial charge in [-0.25, -0.2) is 4.79 Å². The predicted molar refractivity (Wildman–Crippen MR) is 96.9 cm³/mol. The number of amides is 2. The fourth-order valence-corrected chi connectivity index (χ4v) is 2.61. The molecule has 1 heterocycles. The SMILES string of the molecule is CCCOC(=O)c1ccc(NC(=O)CCNC(=O)c2ccsc2)cc1. The molecule has 0 radical (unpaired) electrons. The highest BCUT2D eigenvalue weighted by Crippen LogP contribution is 2.11. The van der Waals surface area contributed by atoms with Crippen LogP contribution in [0.5, 0.6) is 0 Å². The van der Waals surface area contributed by atoms with E-state index in [1.807, 2.05) is 12.3 Å². The summed E-state index contributed by atoms with van der Waals surface area (Å²) in [7, 11) is 0. The van der Waals surface area contributed by atoms with Crippen LogP contribution >= 0.6 is 11.3 Å². The van der Waals surface area contributed by atoms with E-state index in [-0.39, 0.29) is 30.7 Å². The Balaban J connectivity index is 1.74. The molecule has 132 valence electrons. The van der Waals surface area contributed by atoms with Gasteiger partial charge in [-0.2, -0.15) is 11.3 Å². The summed E-state index contributed by atoms with van der Waals surface area (Å²) in [5.74, 6) is -0.785. The van der Waals surface area contributed by atoms with E-state index < -0.39 is 0 Å². The highest BCUT2D eigenvalue weighted by molar-refractivity contribution is 7.08. The lowest BCUT2D eigenvalue weighted by atomic mass is 10.2. The maximum atomic E-state index is 11.9. The Labute approximate surface area is 150 Å². The van der Waals surface area contributed by atoms with Gasteiger partial charge < -0.3 is 15.4 Å². The number of benzene rings is 1. The molecule has 2 aromatic rings. The number of thiophene rings is 1.